The van der Waals surface area contributed by atoms with Crippen molar-refractivity contribution in [2.45, 2.75) is 32.7 Å². The lowest BCUT2D eigenvalue weighted by Gasteiger charge is -2.15. The summed E-state index contributed by atoms with van der Waals surface area (Å²) < 4.78 is 15.1. The number of rotatable bonds is 3. The van der Waals surface area contributed by atoms with Gasteiger partial charge in [-0.3, -0.25) is 9.59 Å². The predicted molar refractivity (Wildman–Crippen MR) is 100 cm³/mol. The fourth-order valence-corrected chi connectivity index (χ4v) is 3.31. The Kier molecular flexibility index (Phi) is 3.87. The highest BCUT2D eigenvalue weighted by molar-refractivity contribution is 6.05. The van der Waals surface area contributed by atoms with Crippen LogP contribution in [0.3, 0.4) is 0 Å². The molecule has 2 aromatic carbocycles. The summed E-state index contributed by atoms with van der Waals surface area (Å²) in [5.74, 6) is -0.781. The van der Waals surface area contributed by atoms with E-state index in [0.717, 1.165) is 29.7 Å². The Labute approximate surface area is 150 Å². The maximum Gasteiger partial charge on any atom is 0.272 e. The second kappa shape index (κ2) is 6.09. The standard InChI is InChI=1S/C21H19FN2O2/c1-12-3-8-18(13(2)9-12)23-20(25)19-10-14-4-5-15(22)11-17(14)21(26)24(19)16-6-7-16/h3-5,8-11,16H,6-7H2,1-2H3,(H,23,25). The van der Waals surface area contributed by atoms with Crippen molar-refractivity contribution in [2.75, 3.05) is 5.32 Å². The van der Waals surface area contributed by atoms with E-state index in [1.807, 2.05) is 32.0 Å². The van der Waals surface area contributed by atoms with E-state index in [9.17, 15) is 14.0 Å². The van der Waals surface area contributed by atoms with Gasteiger partial charge < -0.3 is 9.88 Å². The van der Waals surface area contributed by atoms with E-state index in [0.29, 0.717) is 16.5 Å². The highest BCUT2D eigenvalue weighted by Crippen LogP contribution is 2.35. The molecule has 0 bridgehead atoms. The summed E-state index contributed by atoms with van der Waals surface area (Å²) in [6.45, 7) is 3.92. The molecule has 1 N–H and O–H groups in total. The van der Waals surface area contributed by atoms with Crippen molar-refractivity contribution < 1.29 is 9.18 Å². The van der Waals surface area contributed by atoms with Crippen LogP contribution in [-0.4, -0.2) is 10.5 Å². The molecule has 1 aliphatic rings. The summed E-state index contributed by atoms with van der Waals surface area (Å²) >= 11 is 0. The number of amides is 1. The van der Waals surface area contributed by atoms with E-state index in [1.165, 1.54) is 22.8 Å². The number of anilines is 1. The molecule has 1 heterocycles. The largest absolute Gasteiger partial charge is 0.320 e. The van der Waals surface area contributed by atoms with Crippen LogP contribution < -0.4 is 10.9 Å². The van der Waals surface area contributed by atoms with Crippen molar-refractivity contribution in [1.82, 2.24) is 4.57 Å². The predicted octanol–water partition coefficient (Wildman–Crippen LogP) is 4.34. The molecule has 1 fully saturated rings. The lowest BCUT2D eigenvalue weighted by atomic mass is 10.1. The molecule has 3 aromatic rings. The fraction of sp³-hybridized carbons (Fsp3) is 0.238. The van der Waals surface area contributed by atoms with Gasteiger partial charge >= 0.3 is 0 Å². The van der Waals surface area contributed by atoms with Gasteiger partial charge in [0.1, 0.15) is 11.5 Å². The van der Waals surface area contributed by atoms with Gasteiger partial charge in [0.25, 0.3) is 11.5 Å². The zero-order valence-corrected chi connectivity index (χ0v) is 14.7. The van der Waals surface area contributed by atoms with E-state index in [4.69, 9.17) is 0 Å². The van der Waals surface area contributed by atoms with Gasteiger partial charge in [-0.25, -0.2) is 4.39 Å². The molecule has 26 heavy (non-hydrogen) atoms. The summed E-state index contributed by atoms with van der Waals surface area (Å²) in [4.78, 5) is 25.8. The van der Waals surface area contributed by atoms with Crippen LogP contribution in [-0.2, 0) is 0 Å². The molecule has 0 unspecified atom stereocenters. The smallest absolute Gasteiger partial charge is 0.272 e. The Balaban J connectivity index is 1.82. The molecule has 1 aliphatic carbocycles. The molecule has 0 radical (unpaired) electrons. The molecule has 4 rings (SSSR count). The Bertz CT molecular complexity index is 1100. The molecule has 1 aromatic heterocycles. The van der Waals surface area contributed by atoms with Crippen molar-refractivity contribution in [3.05, 3.63) is 75.5 Å². The third-order valence-electron chi connectivity index (χ3n) is 4.79. The van der Waals surface area contributed by atoms with Crippen LogP contribution in [0.5, 0.6) is 0 Å². The molecule has 0 atom stereocenters. The first-order valence-corrected chi connectivity index (χ1v) is 8.67. The number of pyridine rings is 1. The van der Waals surface area contributed by atoms with Crippen molar-refractivity contribution in [3.63, 3.8) is 0 Å². The average molecular weight is 350 g/mol. The normalized spacial score (nSPS) is 13.8. The first-order chi connectivity index (χ1) is 12.4. The Morgan fingerprint density at radius 2 is 1.88 bits per heavy atom. The molecule has 132 valence electrons. The first kappa shape index (κ1) is 16.5. The van der Waals surface area contributed by atoms with Crippen molar-refractivity contribution >= 4 is 22.4 Å². The van der Waals surface area contributed by atoms with Crippen LogP contribution >= 0.6 is 0 Å². The maximum atomic E-state index is 13.6. The number of aromatic nitrogens is 1. The number of aryl methyl sites for hydroxylation is 2. The minimum Gasteiger partial charge on any atom is -0.320 e. The lowest BCUT2D eigenvalue weighted by Crippen LogP contribution is -2.28. The molecule has 0 saturated heterocycles. The lowest BCUT2D eigenvalue weighted by molar-refractivity contribution is 0.101. The number of nitrogens with zero attached hydrogens (tertiary/aromatic N) is 1. The number of hydrogen-bond acceptors (Lipinski definition) is 2. The number of fused-ring (bicyclic) bond motifs is 1. The molecule has 1 amide bonds. The Hall–Kier alpha value is -2.95. The molecule has 0 aliphatic heterocycles. The summed E-state index contributed by atoms with van der Waals surface area (Å²) in [7, 11) is 0. The number of halogens is 1. The number of nitrogens with one attached hydrogen (secondary N) is 1. The van der Waals surface area contributed by atoms with Crippen LogP contribution in [0.1, 0.15) is 40.5 Å². The van der Waals surface area contributed by atoms with Crippen LogP contribution in [0, 0.1) is 19.7 Å². The third kappa shape index (κ3) is 2.90. The topological polar surface area (TPSA) is 51.1 Å². The van der Waals surface area contributed by atoms with Crippen LogP contribution in [0.15, 0.2) is 47.3 Å². The van der Waals surface area contributed by atoms with Gasteiger partial charge in [0.15, 0.2) is 0 Å². The minimum absolute atomic E-state index is 0.00929. The number of carbonyl (C=O) groups excluding carboxylic acids is 1. The Morgan fingerprint density at radius 1 is 1.12 bits per heavy atom. The van der Waals surface area contributed by atoms with Gasteiger partial charge in [-0.1, -0.05) is 23.8 Å². The van der Waals surface area contributed by atoms with E-state index in [2.05, 4.69) is 5.32 Å². The van der Waals surface area contributed by atoms with Crippen molar-refractivity contribution in [1.29, 1.82) is 0 Å². The van der Waals surface area contributed by atoms with Gasteiger partial charge in [-0.15, -0.1) is 0 Å². The highest BCUT2D eigenvalue weighted by Gasteiger charge is 2.29. The van der Waals surface area contributed by atoms with Gasteiger partial charge in [0.05, 0.1) is 5.39 Å². The van der Waals surface area contributed by atoms with E-state index < -0.39 is 5.82 Å². The van der Waals surface area contributed by atoms with Crippen LogP contribution in [0.25, 0.3) is 10.8 Å². The fourth-order valence-electron chi connectivity index (χ4n) is 3.31. The van der Waals surface area contributed by atoms with Crippen molar-refractivity contribution in [2.24, 2.45) is 0 Å². The zero-order valence-electron chi connectivity index (χ0n) is 14.7. The number of benzene rings is 2. The van der Waals surface area contributed by atoms with E-state index in [1.54, 1.807) is 6.07 Å². The van der Waals surface area contributed by atoms with Gasteiger partial charge in [0, 0.05) is 11.7 Å². The number of hydrogen-bond donors (Lipinski definition) is 1. The summed E-state index contributed by atoms with van der Waals surface area (Å²) in [5, 5.41) is 3.78. The molecule has 0 spiro atoms. The Morgan fingerprint density at radius 3 is 2.58 bits per heavy atom. The maximum absolute atomic E-state index is 13.6. The molecule has 1 saturated carbocycles. The monoisotopic (exact) mass is 350 g/mol. The first-order valence-electron chi connectivity index (χ1n) is 8.67. The van der Waals surface area contributed by atoms with Gasteiger partial charge in [0.2, 0.25) is 0 Å². The van der Waals surface area contributed by atoms with Gasteiger partial charge in [-0.05, 0) is 61.9 Å². The minimum atomic E-state index is -0.454. The molecular weight excluding hydrogens is 331 g/mol. The second-order valence-electron chi connectivity index (χ2n) is 6.94. The van der Waals surface area contributed by atoms with Crippen LogP contribution in [0.4, 0.5) is 10.1 Å². The van der Waals surface area contributed by atoms with Crippen LogP contribution in [0.2, 0.25) is 0 Å². The second-order valence-corrected chi connectivity index (χ2v) is 6.94. The zero-order chi connectivity index (χ0) is 18.4. The molecular formula is C21H19FN2O2. The number of carbonyl (C=O) groups is 1. The SMILES string of the molecule is Cc1ccc(NC(=O)c2cc3ccc(F)cc3c(=O)n2C2CC2)c(C)c1. The quantitative estimate of drug-likeness (QED) is 0.764. The van der Waals surface area contributed by atoms with Crippen molar-refractivity contribution in [3.8, 4) is 0 Å². The van der Waals surface area contributed by atoms with Gasteiger partial charge in [-0.2, -0.15) is 0 Å². The summed E-state index contributed by atoms with van der Waals surface area (Å²) in [5.41, 5.74) is 2.80. The highest BCUT2D eigenvalue weighted by atomic mass is 19.1. The summed E-state index contributed by atoms with van der Waals surface area (Å²) in [6.07, 6.45) is 1.70. The molecule has 4 nitrogen and oxygen atoms in total. The summed E-state index contributed by atoms with van der Waals surface area (Å²) in [6, 6.07) is 11.5. The molecule has 5 heteroatoms. The van der Waals surface area contributed by atoms with E-state index in [-0.39, 0.29) is 17.5 Å². The van der Waals surface area contributed by atoms with E-state index >= 15 is 0 Å². The third-order valence-corrected chi connectivity index (χ3v) is 4.79. The average Bonchev–Trinajstić information content (AvgIpc) is 3.42.